The molecule has 3 aromatic carbocycles. The number of hydrogen-bond donors (Lipinski definition) is 0. The largest absolute Gasteiger partial charge is 0.465 e. The first-order chi connectivity index (χ1) is 17.6. The molecular weight excluding hydrogens is 450 g/mol. The molecule has 1 heterocycles. The van der Waals surface area contributed by atoms with Crippen LogP contribution in [0, 0.1) is 6.92 Å². The second-order valence-corrected chi connectivity index (χ2v) is 9.32. The molecule has 184 valence electrons. The lowest BCUT2D eigenvalue weighted by molar-refractivity contribution is -0.146. The maximum Gasteiger partial charge on any atom is 0.316 e. The normalized spacial score (nSPS) is 13.9. The Labute approximate surface area is 212 Å². The van der Waals surface area contributed by atoms with Gasteiger partial charge in [0.15, 0.2) is 5.76 Å². The minimum Gasteiger partial charge on any atom is -0.465 e. The third-order valence-electron chi connectivity index (χ3n) is 6.93. The smallest absolute Gasteiger partial charge is 0.316 e. The topological polar surface area (TPSA) is 61.6 Å². The van der Waals surface area contributed by atoms with E-state index in [1.165, 1.54) is 0 Å². The molecule has 4 aromatic rings. The van der Waals surface area contributed by atoms with Crippen molar-refractivity contribution in [1.82, 2.24) is 5.16 Å². The molecule has 0 amide bonds. The van der Waals surface area contributed by atoms with Gasteiger partial charge in [-0.05, 0) is 48.9 Å². The highest BCUT2D eigenvalue weighted by Gasteiger charge is 2.52. The second-order valence-electron chi connectivity index (χ2n) is 9.32. The fourth-order valence-electron chi connectivity index (χ4n) is 4.65. The molecule has 1 fully saturated rings. The van der Waals surface area contributed by atoms with Crippen molar-refractivity contribution in [3.05, 3.63) is 101 Å². The van der Waals surface area contributed by atoms with E-state index in [9.17, 15) is 4.79 Å². The summed E-state index contributed by atoms with van der Waals surface area (Å²) in [6.45, 7) is 5.43. The third kappa shape index (κ3) is 4.98. The monoisotopic (exact) mass is 481 g/mol. The zero-order valence-electron chi connectivity index (χ0n) is 20.8. The van der Waals surface area contributed by atoms with Crippen molar-refractivity contribution in [1.29, 1.82) is 0 Å². The van der Waals surface area contributed by atoms with Crippen LogP contribution in [-0.4, -0.2) is 24.3 Å². The van der Waals surface area contributed by atoms with Crippen molar-refractivity contribution in [2.45, 2.75) is 45.1 Å². The summed E-state index contributed by atoms with van der Waals surface area (Å²) < 4.78 is 16.9. The Morgan fingerprint density at radius 1 is 0.917 bits per heavy atom. The molecule has 1 aliphatic carbocycles. The molecule has 1 saturated carbocycles. The first-order valence-corrected chi connectivity index (χ1v) is 12.6. The Bertz CT molecular complexity index is 1300. The Balaban J connectivity index is 1.25. The summed E-state index contributed by atoms with van der Waals surface area (Å²) >= 11 is 0. The summed E-state index contributed by atoms with van der Waals surface area (Å²) in [6.07, 6.45) is 2.45. The Hall–Kier alpha value is -3.70. The van der Waals surface area contributed by atoms with E-state index in [0.29, 0.717) is 19.8 Å². The van der Waals surface area contributed by atoms with Gasteiger partial charge in [-0.3, -0.25) is 4.79 Å². The van der Waals surface area contributed by atoms with Gasteiger partial charge < -0.3 is 14.0 Å². The molecule has 5 nitrogen and oxygen atoms in total. The minimum atomic E-state index is -0.441. The van der Waals surface area contributed by atoms with Gasteiger partial charge in [0, 0.05) is 17.5 Å². The molecule has 0 unspecified atom stereocenters. The number of aromatic nitrogens is 1. The first-order valence-electron chi connectivity index (χ1n) is 12.6. The van der Waals surface area contributed by atoms with Crippen LogP contribution in [0.25, 0.3) is 22.5 Å². The summed E-state index contributed by atoms with van der Waals surface area (Å²) in [5, 5.41) is 4.21. The van der Waals surface area contributed by atoms with E-state index in [4.69, 9.17) is 14.0 Å². The van der Waals surface area contributed by atoms with Crippen molar-refractivity contribution in [2.24, 2.45) is 0 Å². The highest BCUT2D eigenvalue weighted by molar-refractivity contribution is 5.87. The van der Waals surface area contributed by atoms with E-state index in [-0.39, 0.29) is 5.97 Å². The molecule has 5 rings (SSSR count). The second kappa shape index (κ2) is 10.5. The zero-order valence-corrected chi connectivity index (χ0v) is 20.8. The van der Waals surface area contributed by atoms with Crippen molar-refractivity contribution in [3.63, 3.8) is 0 Å². The Morgan fingerprint density at radius 2 is 1.56 bits per heavy atom. The number of benzene rings is 3. The molecule has 0 radical (unpaired) electrons. The fourth-order valence-corrected chi connectivity index (χ4v) is 4.65. The molecule has 0 N–H and O–H groups in total. The molecular formula is C31H31NO4. The van der Waals surface area contributed by atoms with Crippen LogP contribution in [0.1, 0.15) is 42.1 Å². The summed E-state index contributed by atoms with van der Waals surface area (Å²) in [5.74, 6) is 0.688. The van der Waals surface area contributed by atoms with Gasteiger partial charge in [0.2, 0.25) is 0 Å². The van der Waals surface area contributed by atoms with Gasteiger partial charge in [-0.1, -0.05) is 84.0 Å². The lowest BCUT2D eigenvalue weighted by Crippen LogP contribution is -2.23. The highest BCUT2D eigenvalue weighted by Crippen LogP contribution is 2.49. The van der Waals surface area contributed by atoms with Gasteiger partial charge in [0.05, 0.1) is 30.9 Å². The van der Waals surface area contributed by atoms with E-state index in [0.717, 1.165) is 64.1 Å². The number of carbonyl (C=O) groups excluding carboxylic acids is 1. The van der Waals surface area contributed by atoms with E-state index in [2.05, 4.69) is 65.8 Å². The van der Waals surface area contributed by atoms with Gasteiger partial charge >= 0.3 is 5.97 Å². The lowest BCUT2D eigenvalue weighted by Gasteiger charge is -2.14. The molecule has 5 heteroatoms. The molecule has 0 saturated heterocycles. The molecule has 0 aliphatic heterocycles. The van der Waals surface area contributed by atoms with Gasteiger partial charge in [0.1, 0.15) is 0 Å². The number of rotatable bonds is 10. The van der Waals surface area contributed by atoms with Gasteiger partial charge in [-0.15, -0.1) is 0 Å². The van der Waals surface area contributed by atoms with Crippen LogP contribution in [0.5, 0.6) is 0 Å². The number of carbonyl (C=O) groups is 1. The molecule has 0 atom stereocenters. The predicted molar refractivity (Wildman–Crippen MR) is 139 cm³/mol. The average Bonchev–Trinajstić information content (AvgIpc) is 3.66. The van der Waals surface area contributed by atoms with E-state index in [1.54, 1.807) is 0 Å². The van der Waals surface area contributed by atoms with Crippen LogP contribution in [0.4, 0.5) is 0 Å². The average molecular weight is 482 g/mol. The van der Waals surface area contributed by atoms with Crippen molar-refractivity contribution in [2.75, 3.05) is 13.2 Å². The van der Waals surface area contributed by atoms with Gasteiger partial charge in [-0.25, -0.2) is 0 Å². The number of ether oxygens (including phenoxy) is 2. The standard InChI is InChI=1S/C31H31NO4/c1-3-35-30(33)31(18-19-31)27-15-13-25(14-16-27)24-9-11-26(12-10-24)29-28(22(2)32-36-29)17-20-34-21-23-7-5-4-6-8-23/h4-16H,3,17-21H2,1-2H3. The van der Waals surface area contributed by atoms with Crippen molar-refractivity contribution in [3.8, 4) is 22.5 Å². The molecule has 0 spiro atoms. The molecule has 1 aliphatic rings. The first kappa shape index (κ1) is 24.0. The number of esters is 1. The van der Waals surface area contributed by atoms with Crippen molar-refractivity contribution >= 4 is 5.97 Å². The Morgan fingerprint density at radius 3 is 2.19 bits per heavy atom. The van der Waals surface area contributed by atoms with Gasteiger partial charge in [-0.2, -0.15) is 0 Å². The molecule has 1 aromatic heterocycles. The van der Waals surface area contributed by atoms with Crippen LogP contribution < -0.4 is 0 Å². The number of aryl methyl sites for hydroxylation is 1. The summed E-state index contributed by atoms with van der Waals surface area (Å²) in [4.78, 5) is 12.4. The number of hydrogen-bond acceptors (Lipinski definition) is 5. The van der Waals surface area contributed by atoms with E-state index < -0.39 is 5.41 Å². The van der Waals surface area contributed by atoms with Gasteiger partial charge in [0.25, 0.3) is 0 Å². The van der Waals surface area contributed by atoms with E-state index in [1.807, 2.05) is 32.0 Å². The quantitative estimate of drug-likeness (QED) is 0.187. The highest BCUT2D eigenvalue weighted by atomic mass is 16.5. The molecule has 0 bridgehead atoms. The lowest BCUT2D eigenvalue weighted by atomic mass is 9.93. The zero-order chi connectivity index (χ0) is 25.0. The maximum absolute atomic E-state index is 12.4. The van der Waals surface area contributed by atoms with Crippen LogP contribution in [-0.2, 0) is 32.7 Å². The van der Waals surface area contributed by atoms with Crippen LogP contribution >= 0.6 is 0 Å². The number of nitrogens with zero attached hydrogens (tertiary/aromatic N) is 1. The fraction of sp³-hybridized carbons (Fsp3) is 0.290. The maximum atomic E-state index is 12.4. The third-order valence-corrected chi connectivity index (χ3v) is 6.93. The van der Waals surface area contributed by atoms with Crippen molar-refractivity contribution < 1.29 is 18.8 Å². The van der Waals surface area contributed by atoms with Crippen LogP contribution in [0.3, 0.4) is 0 Å². The summed E-state index contributed by atoms with van der Waals surface area (Å²) in [7, 11) is 0. The summed E-state index contributed by atoms with van der Waals surface area (Å²) in [6, 6.07) is 26.8. The Kier molecular flexibility index (Phi) is 7.01. The predicted octanol–water partition coefficient (Wildman–Crippen LogP) is 6.67. The summed E-state index contributed by atoms with van der Waals surface area (Å²) in [5.41, 5.74) is 6.94. The van der Waals surface area contributed by atoms with Crippen LogP contribution in [0.15, 0.2) is 83.4 Å². The van der Waals surface area contributed by atoms with E-state index >= 15 is 0 Å². The SMILES string of the molecule is CCOC(=O)C1(c2ccc(-c3ccc(-c4onc(C)c4CCOCc4ccccc4)cc3)cc2)CC1. The minimum absolute atomic E-state index is 0.106. The molecule has 36 heavy (non-hydrogen) atoms. The van der Waals surface area contributed by atoms with Crippen LogP contribution in [0.2, 0.25) is 0 Å².